The van der Waals surface area contributed by atoms with Gasteiger partial charge in [0.1, 0.15) is 0 Å². The number of amides is 1. The van der Waals surface area contributed by atoms with Gasteiger partial charge in [0.05, 0.1) is 14.2 Å². The van der Waals surface area contributed by atoms with Gasteiger partial charge in [-0.3, -0.25) is 4.79 Å². The van der Waals surface area contributed by atoms with E-state index in [-0.39, 0.29) is 17.9 Å². The van der Waals surface area contributed by atoms with Gasteiger partial charge in [0.15, 0.2) is 0 Å². The van der Waals surface area contributed by atoms with Crippen molar-refractivity contribution >= 4 is 11.9 Å². The van der Waals surface area contributed by atoms with Crippen molar-refractivity contribution < 1.29 is 14.3 Å². The highest BCUT2D eigenvalue weighted by Gasteiger charge is 2.24. The van der Waals surface area contributed by atoms with Crippen LogP contribution in [0.25, 0.3) is 0 Å². The van der Waals surface area contributed by atoms with Gasteiger partial charge in [0.2, 0.25) is 5.95 Å². The second-order valence-corrected chi connectivity index (χ2v) is 5.25. The number of nitrogens with zero attached hydrogens (tertiary/aromatic N) is 5. The predicted octanol–water partition coefficient (Wildman–Crippen LogP) is 0.851. The van der Waals surface area contributed by atoms with Crippen LogP contribution in [0.2, 0.25) is 0 Å². The van der Waals surface area contributed by atoms with Crippen molar-refractivity contribution in [1.82, 2.24) is 19.9 Å². The number of rotatable bonds is 4. The van der Waals surface area contributed by atoms with Gasteiger partial charge in [-0.25, -0.2) is 0 Å². The number of hydrogen-bond donors (Lipinski definition) is 0. The third-order valence-corrected chi connectivity index (χ3v) is 3.82. The Morgan fingerprint density at radius 1 is 0.917 bits per heavy atom. The Morgan fingerprint density at radius 2 is 1.50 bits per heavy atom. The van der Waals surface area contributed by atoms with E-state index in [0.29, 0.717) is 37.7 Å². The van der Waals surface area contributed by atoms with E-state index in [0.717, 1.165) is 0 Å². The number of aromatic nitrogens is 3. The number of benzene rings is 1. The standard InChI is InChI=1S/C16H19N5O3/c1-23-15-17-14(18-16(19-15)24-2)21-10-8-20(9-11-21)13(22)12-6-4-3-5-7-12/h3-7H,8-11H2,1-2H3. The minimum Gasteiger partial charge on any atom is -0.467 e. The van der Waals surface area contributed by atoms with E-state index in [4.69, 9.17) is 9.47 Å². The van der Waals surface area contributed by atoms with Crippen molar-refractivity contribution in [3.63, 3.8) is 0 Å². The van der Waals surface area contributed by atoms with Crippen LogP contribution in [-0.2, 0) is 0 Å². The third-order valence-electron chi connectivity index (χ3n) is 3.82. The Bertz CT molecular complexity index is 680. The summed E-state index contributed by atoms with van der Waals surface area (Å²) in [5.74, 6) is 0.534. The molecule has 2 aromatic rings. The number of methoxy groups -OCH3 is 2. The highest BCUT2D eigenvalue weighted by atomic mass is 16.5. The van der Waals surface area contributed by atoms with Gasteiger partial charge in [0.25, 0.3) is 5.91 Å². The lowest BCUT2D eigenvalue weighted by atomic mass is 10.2. The topological polar surface area (TPSA) is 80.7 Å². The average molecular weight is 329 g/mol. The molecule has 1 fully saturated rings. The van der Waals surface area contributed by atoms with Gasteiger partial charge in [-0.15, -0.1) is 4.98 Å². The molecule has 126 valence electrons. The molecule has 8 nitrogen and oxygen atoms in total. The molecule has 0 atom stereocenters. The molecule has 0 unspecified atom stereocenters. The Labute approximate surface area is 140 Å². The lowest BCUT2D eigenvalue weighted by Crippen LogP contribution is -2.49. The maximum absolute atomic E-state index is 12.5. The van der Waals surface area contributed by atoms with Gasteiger partial charge in [-0.05, 0) is 12.1 Å². The van der Waals surface area contributed by atoms with Gasteiger partial charge >= 0.3 is 12.0 Å². The third kappa shape index (κ3) is 3.37. The Balaban J connectivity index is 1.68. The zero-order valence-corrected chi connectivity index (χ0v) is 13.7. The summed E-state index contributed by atoms with van der Waals surface area (Å²) in [7, 11) is 2.99. The fourth-order valence-electron chi connectivity index (χ4n) is 2.52. The van der Waals surface area contributed by atoms with Gasteiger partial charge in [-0.1, -0.05) is 18.2 Å². The number of piperazine rings is 1. The lowest BCUT2D eigenvalue weighted by Gasteiger charge is -2.34. The van der Waals surface area contributed by atoms with Crippen LogP contribution in [0.5, 0.6) is 12.0 Å². The van der Waals surface area contributed by atoms with Crippen molar-refractivity contribution in [3.05, 3.63) is 35.9 Å². The molecular formula is C16H19N5O3. The minimum atomic E-state index is 0.0426. The normalized spacial score (nSPS) is 14.4. The largest absolute Gasteiger partial charge is 0.467 e. The van der Waals surface area contributed by atoms with Gasteiger partial charge in [-0.2, -0.15) is 9.97 Å². The van der Waals surface area contributed by atoms with Crippen molar-refractivity contribution in [3.8, 4) is 12.0 Å². The molecule has 1 aromatic heterocycles. The first-order chi connectivity index (χ1) is 11.7. The fourth-order valence-corrected chi connectivity index (χ4v) is 2.52. The van der Waals surface area contributed by atoms with Gasteiger partial charge < -0.3 is 19.3 Å². The molecule has 2 heterocycles. The van der Waals surface area contributed by atoms with Crippen molar-refractivity contribution in [2.24, 2.45) is 0 Å². The van der Waals surface area contributed by atoms with Crippen LogP contribution in [0.4, 0.5) is 5.95 Å². The number of carbonyl (C=O) groups excluding carboxylic acids is 1. The number of anilines is 1. The average Bonchev–Trinajstić information content (AvgIpc) is 2.67. The first-order valence-corrected chi connectivity index (χ1v) is 7.64. The zero-order chi connectivity index (χ0) is 16.9. The molecule has 0 aliphatic carbocycles. The maximum Gasteiger partial charge on any atom is 0.324 e. The highest BCUT2D eigenvalue weighted by Crippen LogP contribution is 2.18. The summed E-state index contributed by atoms with van der Waals surface area (Å²) in [6, 6.07) is 9.71. The highest BCUT2D eigenvalue weighted by molar-refractivity contribution is 5.94. The molecule has 3 rings (SSSR count). The second kappa shape index (κ2) is 7.12. The molecule has 1 aliphatic rings. The molecule has 24 heavy (non-hydrogen) atoms. The molecule has 0 saturated carbocycles. The van der Waals surface area contributed by atoms with Gasteiger partial charge in [0, 0.05) is 31.7 Å². The first kappa shape index (κ1) is 16.0. The number of carbonyl (C=O) groups is 1. The van der Waals surface area contributed by atoms with E-state index in [1.165, 1.54) is 14.2 Å². The molecular weight excluding hydrogens is 310 g/mol. The molecule has 1 aromatic carbocycles. The predicted molar refractivity (Wildman–Crippen MR) is 87.5 cm³/mol. The smallest absolute Gasteiger partial charge is 0.324 e. The van der Waals surface area contributed by atoms with Crippen LogP contribution in [0.3, 0.4) is 0 Å². The first-order valence-electron chi connectivity index (χ1n) is 7.64. The van der Waals surface area contributed by atoms with E-state index in [9.17, 15) is 4.79 Å². The summed E-state index contributed by atoms with van der Waals surface area (Å²) in [6.07, 6.45) is 0. The van der Waals surface area contributed by atoms with Crippen LogP contribution in [0.15, 0.2) is 30.3 Å². The molecule has 0 radical (unpaired) electrons. The molecule has 0 bridgehead atoms. The zero-order valence-electron chi connectivity index (χ0n) is 13.7. The van der Waals surface area contributed by atoms with Crippen LogP contribution in [0, 0.1) is 0 Å². The summed E-state index contributed by atoms with van der Waals surface area (Å²) in [6.45, 7) is 2.47. The quantitative estimate of drug-likeness (QED) is 0.822. The van der Waals surface area contributed by atoms with E-state index < -0.39 is 0 Å². The van der Waals surface area contributed by atoms with Crippen molar-refractivity contribution in [2.45, 2.75) is 0 Å². The van der Waals surface area contributed by atoms with Crippen LogP contribution >= 0.6 is 0 Å². The Kier molecular flexibility index (Phi) is 4.74. The van der Waals surface area contributed by atoms with E-state index in [1.54, 1.807) is 0 Å². The fraction of sp³-hybridized carbons (Fsp3) is 0.375. The van der Waals surface area contributed by atoms with Crippen LogP contribution in [0.1, 0.15) is 10.4 Å². The summed E-state index contributed by atoms with van der Waals surface area (Å²) in [5.41, 5.74) is 0.703. The SMILES string of the molecule is COc1nc(OC)nc(N2CCN(C(=O)c3ccccc3)CC2)n1. The Morgan fingerprint density at radius 3 is 2.04 bits per heavy atom. The van der Waals surface area contributed by atoms with Crippen molar-refractivity contribution in [2.75, 3.05) is 45.3 Å². The lowest BCUT2D eigenvalue weighted by molar-refractivity contribution is 0.0746. The second-order valence-electron chi connectivity index (χ2n) is 5.25. The minimum absolute atomic E-state index is 0.0426. The van der Waals surface area contributed by atoms with E-state index in [2.05, 4.69) is 15.0 Å². The molecule has 8 heteroatoms. The van der Waals surface area contributed by atoms with Crippen molar-refractivity contribution in [1.29, 1.82) is 0 Å². The van der Waals surface area contributed by atoms with Crippen LogP contribution in [-0.4, -0.2) is 66.2 Å². The van der Waals surface area contributed by atoms with Crippen LogP contribution < -0.4 is 14.4 Å². The maximum atomic E-state index is 12.5. The van der Waals surface area contributed by atoms with E-state index >= 15 is 0 Å². The summed E-state index contributed by atoms with van der Waals surface area (Å²) >= 11 is 0. The summed E-state index contributed by atoms with van der Waals surface area (Å²) < 4.78 is 10.1. The number of hydrogen-bond acceptors (Lipinski definition) is 7. The summed E-state index contributed by atoms with van der Waals surface area (Å²) in [4.78, 5) is 28.8. The Hall–Kier alpha value is -2.90. The molecule has 0 spiro atoms. The summed E-state index contributed by atoms with van der Waals surface area (Å²) in [5, 5.41) is 0. The molecule has 1 amide bonds. The number of ether oxygens (including phenoxy) is 2. The molecule has 0 N–H and O–H groups in total. The monoisotopic (exact) mass is 329 g/mol. The van der Waals surface area contributed by atoms with E-state index in [1.807, 2.05) is 40.1 Å². The molecule has 1 aliphatic heterocycles. The molecule has 1 saturated heterocycles.